The van der Waals surface area contributed by atoms with E-state index < -0.39 is 23.3 Å². The third kappa shape index (κ3) is 5.03. The van der Waals surface area contributed by atoms with Gasteiger partial charge in [-0.2, -0.15) is 13.2 Å². The van der Waals surface area contributed by atoms with Crippen molar-refractivity contribution in [2.45, 2.75) is 26.1 Å². The van der Waals surface area contributed by atoms with Gasteiger partial charge < -0.3 is 19.7 Å². The summed E-state index contributed by atoms with van der Waals surface area (Å²) in [5, 5.41) is 13.0. The average Bonchev–Trinajstić information content (AvgIpc) is 3.23. The Kier molecular flexibility index (Phi) is 6.33. The van der Waals surface area contributed by atoms with E-state index in [-0.39, 0.29) is 30.4 Å². The topological polar surface area (TPSA) is 102 Å². The fourth-order valence-corrected chi connectivity index (χ4v) is 3.76. The van der Waals surface area contributed by atoms with E-state index in [1.807, 2.05) is 30.3 Å². The molecule has 3 aromatic rings. The molecular formula is C24H22F3N5O3. The predicted octanol–water partition coefficient (Wildman–Crippen LogP) is 4.65. The molecule has 0 spiro atoms. The number of hydrogen-bond acceptors (Lipinski definition) is 6. The van der Waals surface area contributed by atoms with Gasteiger partial charge in [0, 0.05) is 13.2 Å². The Hall–Kier alpha value is -4.15. The van der Waals surface area contributed by atoms with Gasteiger partial charge in [-0.3, -0.25) is 4.79 Å². The zero-order valence-electron chi connectivity index (χ0n) is 18.9. The first kappa shape index (κ1) is 24.0. The molecule has 0 fully saturated rings. The minimum Gasteiger partial charge on any atom is -0.488 e. The van der Waals surface area contributed by atoms with Crippen molar-refractivity contribution in [1.29, 1.82) is 0 Å². The van der Waals surface area contributed by atoms with Crippen molar-refractivity contribution in [2.75, 3.05) is 5.32 Å². The number of allylic oxidation sites excluding steroid dienone is 2. The normalized spacial score (nSPS) is 18.3. The molecular weight excluding hydrogens is 463 g/mol. The molecule has 2 N–H and O–H groups in total. The minimum absolute atomic E-state index is 0.00214. The van der Waals surface area contributed by atoms with Crippen LogP contribution in [0.25, 0.3) is 5.57 Å². The Bertz CT molecular complexity index is 1300. The molecule has 2 aromatic heterocycles. The number of carboxylic acid groups (broad SMARTS) is 1. The van der Waals surface area contributed by atoms with E-state index in [1.165, 1.54) is 6.92 Å². The first-order valence-electron chi connectivity index (χ1n) is 10.6. The quantitative estimate of drug-likeness (QED) is 0.502. The molecule has 35 heavy (non-hydrogen) atoms. The van der Waals surface area contributed by atoms with E-state index in [4.69, 9.17) is 4.74 Å². The Morgan fingerprint density at radius 1 is 1.26 bits per heavy atom. The van der Waals surface area contributed by atoms with Crippen LogP contribution in [0.15, 0.2) is 72.7 Å². The van der Waals surface area contributed by atoms with Gasteiger partial charge in [-0.25, -0.2) is 15.0 Å². The maximum atomic E-state index is 13.2. The van der Waals surface area contributed by atoms with Crippen LogP contribution < -0.4 is 5.32 Å². The van der Waals surface area contributed by atoms with E-state index in [2.05, 4.69) is 20.3 Å². The lowest BCUT2D eigenvalue weighted by atomic mass is 9.75. The van der Waals surface area contributed by atoms with E-state index >= 15 is 0 Å². The maximum Gasteiger partial charge on any atom is 0.433 e. The number of halogens is 3. The van der Waals surface area contributed by atoms with Crippen LogP contribution in [-0.4, -0.2) is 30.6 Å². The van der Waals surface area contributed by atoms with Crippen LogP contribution in [0.4, 0.5) is 19.1 Å². The van der Waals surface area contributed by atoms with Gasteiger partial charge in [0.1, 0.15) is 23.5 Å². The number of benzene rings is 1. The standard InChI is InChI=1S/C24H22F3N5O3/c1-23(21(33)34)11-16(15-6-4-3-5-7-15)10-18(20(23)35-13-17-12-28-14-32(17)2)30-22-29-9-8-19(31-22)24(25,26)27/h3-10,12,14H,11,13H2,1-2H3,(H,33,34)(H,29,30,31). The number of aryl methyl sites for hydroxylation is 1. The number of imidazole rings is 1. The highest BCUT2D eigenvalue weighted by atomic mass is 19.4. The van der Waals surface area contributed by atoms with Crippen molar-refractivity contribution in [3.63, 3.8) is 0 Å². The smallest absolute Gasteiger partial charge is 0.433 e. The first-order valence-corrected chi connectivity index (χ1v) is 10.6. The molecule has 1 atom stereocenters. The summed E-state index contributed by atoms with van der Waals surface area (Å²) in [4.78, 5) is 24.0. The number of nitrogens with zero attached hydrogens (tertiary/aromatic N) is 4. The van der Waals surface area contributed by atoms with Gasteiger partial charge in [-0.1, -0.05) is 30.3 Å². The number of aliphatic carboxylic acids is 1. The highest BCUT2D eigenvalue weighted by molar-refractivity contribution is 5.85. The van der Waals surface area contributed by atoms with E-state index in [0.717, 1.165) is 17.8 Å². The molecule has 4 rings (SSSR count). The molecule has 1 aromatic carbocycles. The summed E-state index contributed by atoms with van der Waals surface area (Å²) in [5.74, 6) is -1.44. The third-order valence-corrected chi connectivity index (χ3v) is 5.70. The van der Waals surface area contributed by atoms with Crippen molar-refractivity contribution < 1.29 is 27.8 Å². The fraction of sp³-hybridized carbons (Fsp3) is 0.250. The fourth-order valence-electron chi connectivity index (χ4n) is 3.76. The molecule has 182 valence electrons. The van der Waals surface area contributed by atoms with Crippen LogP contribution in [0.5, 0.6) is 0 Å². The van der Waals surface area contributed by atoms with Crippen LogP contribution in [0.2, 0.25) is 0 Å². The van der Waals surface area contributed by atoms with Gasteiger partial charge in [0.05, 0.1) is 23.9 Å². The van der Waals surface area contributed by atoms with Crippen LogP contribution >= 0.6 is 0 Å². The molecule has 0 aliphatic heterocycles. The van der Waals surface area contributed by atoms with Gasteiger partial charge in [0.2, 0.25) is 5.95 Å². The number of nitrogens with one attached hydrogen (secondary N) is 1. The number of alkyl halides is 3. The summed E-state index contributed by atoms with van der Waals surface area (Å²) in [6.07, 6.45) is 1.22. The molecule has 1 aliphatic rings. The second kappa shape index (κ2) is 9.24. The Labute approximate surface area is 198 Å². The van der Waals surface area contributed by atoms with Gasteiger partial charge in [0.25, 0.3) is 0 Å². The number of ether oxygens (including phenoxy) is 1. The monoisotopic (exact) mass is 485 g/mol. The molecule has 1 aliphatic carbocycles. The van der Waals surface area contributed by atoms with Crippen molar-refractivity contribution in [2.24, 2.45) is 12.5 Å². The molecule has 0 amide bonds. The molecule has 11 heteroatoms. The number of aromatic nitrogens is 4. The first-order chi connectivity index (χ1) is 16.6. The Balaban J connectivity index is 1.82. The lowest BCUT2D eigenvalue weighted by molar-refractivity contribution is -0.148. The van der Waals surface area contributed by atoms with Crippen molar-refractivity contribution in [1.82, 2.24) is 19.5 Å². The second-order valence-corrected chi connectivity index (χ2v) is 8.27. The largest absolute Gasteiger partial charge is 0.488 e. The Morgan fingerprint density at radius 3 is 2.63 bits per heavy atom. The van der Waals surface area contributed by atoms with Gasteiger partial charge in [-0.05, 0) is 36.6 Å². The molecule has 1 unspecified atom stereocenters. The lowest BCUT2D eigenvalue weighted by Crippen LogP contribution is -2.35. The number of rotatable bonds is 7. The molecule has 0 radical (unpaired) electrons. The van der Waals surface area contributed by atoms with Gasteiger partial charge in [0.15, 0.2) is 0 Å². The summed E-state index contributed by atoms with van der Waals surface area (Å²) in [6, 6.07) is 9.87. The number of hydrogen-bond donors (Lipinski definition) is 2. The summed E-state index contributed by atoms with van der Waals surface area (Å²) in [7, 11) is 1.76. The van der Waals surface area contributed by atoms with Crippen LogP contribution in [0.1, 0.15) is 30.3 Å². The number of anilines is 1. The highest BCUT2D eigenvalue weighted by Crippen LogP contribution is 2.45. The molecule has 0 bridgehead atoms. The predicted molar refractivity (Wildman–Crippen MR) is 120 cm³/mol. The van der Waals surface area contributed by atoms with Gasteiger partial charge in [-0.15, -0.1) is 0 Å². The Morgan fingerprint density at radius 2 is 2.00 bits per heavy atom. The van der Waals surface area contributed by atoms with Gasteiger partial charge >= 0.3 is 12.1 Å². The lowest BCUT2D eigenvalue weighted by Gasteiger charge is -2.34. The molecule has 2 heterocycles. The van der Waals surface area contributed by atoms with E-state index in [1.54, 1.807) is 30.2 Å². The van der Waals surface area contributed by atoms with E-state index in [0.29, 0.717) is 11.3 Å². The third-order valence-electron chi connectivity index (χ3n) is 5.70. The summed E-state index contributed by atoms with van der Waals surface area (Å²) in [6.45, 7) is 1.51. The molecule has 8 nitrogen and oxygen atoms in total. The highest BCUT2D eigenvalue weighted by Gasteiger charge is 2.44. The zero-order valence-corrected chi connectivity index (χ0v) is 18.9. The van der Waals surface area contributed by atoms with Crippen molar-refractivity contribution in [3.05, 3.63) is 89.6 Å². The van der Waals surface area contributed by atoms with Crippen LogP contribution in [0, 0.1) is 5.41 Å². The van der Waals surface area contributed by atoms with Crippen molar-refractivity contribution >= 4 is 17.5 Å². The second-order valence-electron chi connectivity index (χ2n) is 8.27. The SMILES string of the molecule is Cn1cncc1COC1=C(Nc2nccc(C(F)(F)F)n2)C=C(c2ccccc2)CC1(C)C(=O)O. The summed E-state index contributed by atoms with van der Waals surface area (Å²) < 4.78 is 47.3. The average molecular weight is 485 g/mol. The maximum absolute atomic E-state index is 13.2. The minimum atomic E-state index is -4.67. The van der Waals surface area contributed by atoms with Crippen LogP contribution in [0.3, 0.4) is 0 Å². The number of carbonyl (C=O) groups is 1. The summed E-state index contributed by atoms with van der Waals surface area (Å²) >= 11 is 0. The molecule has 0 saturated heterocycles. The van der Waals surface area contributed by atoms with E-state index in [9.17, 15) is 23.1 Å². The summed E-state index contributed by atoms with van der Waals surface area (Å²) in [5.41, 5.74) is -0.383. The molecule has 0 saturated carbocycles. The van der Waals surface area contributed by atoms with Crippen LogP contribution in [-0.2, 0) is 29.4 Å². The zero-order chi connectivity index (χ0) is 25.2. The van der Waals surface area contributed by atoms with Crippen molar-refractivity contribution in [3.8, 4) is 0 Å². The number of carboxylic acids is 1.